The van der Waals surface area contributed by atoms with Crippen molar-refractivity contribution in [3.63, 3.8) is 0 Å². The first-order valence-corrected chi connectivity index (χ1v) is 6.76. The molecule has 0 bridgehead atoms. The Bertz CT molecular complexity index is 603. The van der Waals surface area contributed by atoms with Crippen LogP contribution in [0.15, 0.2) is 12.1 Å². The molecule has 0 spiro atoms. The molecule has 2 N–H and O–H groups in total. The molecule has 0 atom stereocenters. The number of pyridine rings is 1. The molecular weight excluding hydrogens is 262 g/mol. The molecule has 0 fully saturated rings. The maximum atomic E-state index is 11.1. The summed E-state index contributed by atoms with van der Waals surface area (Å²) < 4.78 is 0. The largest absolute Gasteiger partial charge is 0.478 e. The minimum absolute atomic E-state index is 0.236. The van der Waals surface area contributed by atoms with Gasteiger partial charge in [-0.05, 0) is 32.4 Å². The highest BCUT2D eigenvalue weighted by Gasteiger charge is 2.10. The Balaban J connectivity index is 2.33. The molecule has 0 unspecified atom stereocenters. The monoisotopic (exact) mass is 277 g/mol. The van der Waals surface area contributed by atoms with Crippen LogP contribution in [-0.2, 0) is 6.42 Å². The lowest BCUT2D eigenvalue weighted by Crippen LogP contribution is -2.03. The molecule has 6 heteroatoms. The fraction of sp³-hybridized carbons (Fsp3) is 0.308. The number of nitrogens with zero attached hydrogens (tertiary/aromatic N) is 2. The number of rotatable bonds is 4. The maximum Gasteiger partial charge on any atom is 0.335 e. The van der Waals surface area contributed by atoms with Crippen LogP contribution in [0.3, 0.4) is 0 Å². The van der Waals surface area contributed by atoms with Crippen LogP contribution in [0.2, 0.25) is 0 Å². The lowest BCUT2D eigenvalue weighted by atomic mass is 10.2. The van der Waals surface area contributed by atoms with Gasteiger partial charge in [-0.1, -0.05) is 6.92 Å². The Morgan fingerprint density at radius 3 is 2.63 bits per heavy atom. The van der Waals surface area contributed by atoms with Gasteiger partial charge in [0.1, 0.15) is 5.82 Å². The van der Waals surface area contributed by atoms with E-state index in [9.17, 15) is 4.79 Å². The standard InChI is InChI=1S/C13H15N3O2S/c1-4-10-5-9(12(17)18)6-11(15-10)16-13-14-7(2)8(3)19-13/h5-6H,4H2,1-3H3,(H,17,18)(H,14,15,16). The highest BCUT2D eigenvalue weighted by molar-refractivity contribution is 7.15. The fourth-order valence-corrected chi connectivity index (χ4v) is 2.41. The van der Waals surface area contributed by atoms with Crippen LogP contribution in [0.1, 0.15) is 33.5 Å². The summed E-state index contributed by atoms with van der Waals surface area (Å²) in [7, 11) is 0. The van der Waals surface area contributed by atoms with Gasteiger partial charge >= 0.3 is 5.97 Å². The van der Waals surface area contributed by atoms with Crippen molar-refractivity contribution in [1.82, 2.24) is 9.97 Å². The predicted molar refractivity (Wildman–Crippen MR) is 75.4 cm³/mol. The van der Waals surface area contributed by atoms with E-state index in [0.29, 0.717) is 12.2 Å². The Morgan fingerprint density at radius 1 is 1.37 bits per heavy atom. The number of aromatic carboxylic acids is 1. The number of carboxylic acids is 1. The van der Waals surface area contributed by atoms with Crippen LogP contribution in [0.4, 0.5) is 10.9 Å². The van der Waals surface area contributed by atoms with E-state index in [1.54, 1.807) is 6.07 Å². The molecule has 2 aromatic rings. The van der Waals surface area contributed by atoms with Gasteiger partial charge in [-0.3, -0.25) is 0 Å². The summed E-state index contributed by atoms with van der Waals surface area (Å²) in [5.74, 6) is -0.433. The molecule has 0 aliphatic carbocycles. The molecule has 0 amide bonds. The lowest BCUT2D eigenvalue weighted by molar-refractivity contribution is 0.0696. The van der Waals surface area contributed by atoms with E-state index in [0.717, 1.165) is 21.4 Å². The molecule has 5 nitrogen and oxygen atoms in total. The normalized spacial score (nSPS) is 10.5. The van der Waals surface area contributed by atoms with E-state index in [1.807, 2.05) is 20.8 Å². The highest BCUT2D eigenvalue weighted by Crippen LogP contribution is 2.24. The Labute approximate surface area is 115 Å². The summed E-state index contributed by atoms with van der Waals surface area (Å²) in [6.07, 6.45) is 0.686. The number of anilines is 2. The fourth-order valence-electron chi connectivity index (χ4n) is 1.59. The molecule has 2 rings (SSSR count). The number of hydrogen-bond donors (Lipinski definition) is 2. The van der Waals surface area contributed by atoms with E-state index >= 15 is 0 Å². The summed E-state index contributed by atoms with van der Waals surface area (Å²) in [4.78, 5) is 20.9. The van der Waals surface area contributed by atoms with Crippen molar-refractivity contribution in [2.45, 2.75) is 27.2 Å². The molecule has 2 heterocycles. The lowest BCUT2D eigenvalue weighted by Gasteiger charge is -2.06. The Morgan fingerprint density at radius 2 is 2.11 bits per heavy atom. The van der Waals surface area contributed by atoms with Gasteiger partial charge in [0.25, 0.3) is 0 Å². The van der Waals surface area contributed by atoms with Crippen LogP contribution < -0.4 is 5.32 Å². The number of nitrogens with one attached hydrogen (secondary N) is 1. The third kappa shape index (κ3) is 3.08. The number of thiazole rings is 1. The van der Waals surface area contributed by atoms with E-state index in [1.165, 1.54) is 17.4 Å². The first-order chi connectivity index (χ1) is 8.99. The van der Waals surface area contributed by atoms with Gasteiger partial charge in [0.15, 0.2) is 5.13 Å². The van der Waals surface area contributed by atoms with Gasteiger partial charge in [-0.25, -0.2) is 14.8 Å². The first-order valence-electron chi connectivity index (χ1n) is 5.95. The zero-order chi connectivity index (χ0) is 14.0. The van der Waals surface area contributed by atoms with Crippen molar-refractivity contribution < 1.29 is 9.90 Å². The summed E-state index contributed by atoms with van der Waals surface area (Å²) in [5, 5.41) is 12.9. The van der Waals surface area contributed by atoms with E-state index in [2.05, 4.69) is 15.3 Å². The quantitative estimate of drug-likeness (QED) is 0.897. The van der Waals surface area contributed by atoms with Gasteiger partial charge < -0.3 is 10.4 Å². The van der Waals surface area contributed by atoms with Crippen molar-refractivity contribution in [3.05, 3.63) is 34.0 Å². The summed E-state index contributed by atoms with van der Waals surface area (Å²) in [6.45, 7) is 5.88. The minimum Gasteiger partial charge on any atom is -0.478 e. The van der Waals surface area contributed by atoms with E-state index in [4.69, 9.17) is 5.11 Å². The van der Waals surface area contributed by atoms with Crippen molar-refractivity contribution in [2.75, 3.05) is 5.32 Å². The van der Waals surface area contributed by atoms with Gasteiger partial charge in [0, 0.05) is 10.6 Å². The van der Waals surface area contributed by atoms with Crippen molar-refractivity contribution >= 4 is 28.3 Å². The molecule has 0 saturated heterocycles. The van der Waals surface area contributed by atoms with Crippen molar-refractivity contribution in [3.8, 4) is 0 Å². The average molecular weight is 277 g/mol. The smallest absolute Gasteiger partial charge is 0.335 e. The van der Waals surface area contributed by atoms with Gasteiger partial charge in [-0.2, -0.15) is 0 Å². The van der Waals surface area contributed by atoms with Crippen molar-refractivity contribution in [2.24, 2.45) is 0 Å². The summed E-state index contributed by atoms with van der Waals surface area (Å²) >= 11 is 1.53. The average Bonchev–Trinajstić information content (AvgIpc) is 2.67. The second kappa shape index (κ2) is 5.36. The summed E-state index contributed by atoms with van der Waals surface area (Å²) in [6, 6.07) is 3.11. The number of carbonyl (C=O) groups is 1. The number of hydrogen-bond acceptors (Lipinski definition) is 5. The summed E-state index contributed by atoms with van der Waals surface area (Å²) in [5.41, 5.74) is 1.95. The van der Waals surface area contributed by atoms with Crippen LogP contribution in [0.25, 0.3) is 0 Å². The number of aromatic nitrogens is 2. The van der Waals surface area contributed by atoms with Crippen LogP contribution >= 0.6 is 11.3 Å². The van der Waals surface area contributed by atoms with Crippen LogP contribution in [0, 0.1) is 13.8 Å². The highest BCUT2D eigenvalue weighted by atomic mass is 32.1. The second-order valence-electron chi connectivity index (χ2n) is 4.18. The predicted octanol–water partition coefficient (Wildman–Crippen LogP) is 3.16. The van der Waals surface area contributed by atoms with E-state index in [-0.39, 0.29) is 5.56 Å². The molecule has 0 aromatic carbocycles. The first kappa shape index (κ1) is 13.5. The SMILES string of the molecule is CCc1cc(C(=O)O)cc(Nc2nc(C)c(C)s2)n1. The zero-order valence-electron chi connectivity index (χ0n) is 11.0. The third-order valence-electron chi connectivity index (χ3n) is 2.75. The minimum atomic E-state index is -0.952. The molecule has 0 radical (unpaired) electrons. The number of aryl methyl sites for hydroxylation is 3. The van der Waals surface area contributed by atoms with Gasteiger partial charge in [-0.15, -0.1) is 11.3 Å². The molecule has 0 saturated carbocycles. The van der Waals surface area contributed by atoms with E-state index < -0.39 is 5.97 Å². The molecule has 100 valence electrons. The maximum absolute atomic E-state index is 11.1. The molecule has 0 aliphatic heterocycles. The Kier molecular flexibility index (Phi) is 3.80. The zero-order valence-corrected chi connectivity index (χ0v) is 11.8. The topological polar surface area (TPSA) is 75.1 Å². The molecule has 2 aromatic heterocycles. The molecule has 19 heavy (non-hydrogen) atoms. The van der Waals surface area contributed by atoms with Crippen LogP contribution in [0.5, 0.6) is 0 Å². The van der Waals surface area contributed by atoms with Crippen LogP contribution in [-0.4, -0.2) is 21.0 Å². The van der Waals surface area contributed by atoms with Crippen molar-refractivity contribution in [1.29, 1.82) is 0 Å². The molecular formula is C13H15N3O2S. The molecule has 0 aliphatic rings. The Hall–Kier alpha value is -1.95. The van der Waals surface area contributed by atoms with Gasteiger partial charge in [0.2, 0.25) is 0 Å². The second-order valence-corrected chi connectivity index (χ2v) is 5.38. The number of carboxylic acid groups (broad SMARTS) is 1. The van der Waals surface area contributed by atoms with Gasteiger partial charge in [0.05, 0.1) is 11.3 Å². The third-order valence-corrected chi connectivity index (χ3v) is 3.74.